The smallest absolute Gasteiger partial charge is 0.336 e. The lowest BCUT2D eigenvalue weighted by Gasteiger charge is -2.12. The number of rotatable bonds is 6. The quantitative estimate of drug-likeness (QED) is 0.425. The molecule has 1 atom stereocenters. The van der Waals surface area contributed by atoms with Crippen molar-refractivity contribution in [1.29, 1.82) is 0 Å². The summed E-state index contributed by atoms with van der Waals surface area (Å²) in [4.78, 5) is 11.3. The van der Waals surface area contributed by atoms with E-state index >= 15 is 0 Å². The summed E-state index contributed by atoms with van der Waals surface area (Å²) in [6.07, 6.45) is 5.89. The van der Waals surface area contributed by atoms with Crippen LogP contribution in [0.5, 0.6) is 0 Å². The second-order valence-corrected chi connectivity index (χ2v) is 3.11. The van der Waals surface area contributed by atoms with Crippen LogP contribution in [0.2, 0.25) is 0 Å². The molecule has 0 aliphatic heterocycles. The Bertz CT molecular complexity index is 324. The fourth-order valence-electron chi connectivity index (χ4n) is 0.941. The molecule has 0 heterocycles. The van der Waals surface area contributed by atoms with Crippen LogP contribution in [-0.4, -0.2) is 23.8 Å². The van der Waals surface area contributed by atoms with E-state index in [0.29, 0.717) is 5.57 Å². The zero-order valence-corrected chi connectivity index (χ0v) is 9.77. The third-order valence-electron chi connectivity index (χ3n) is 1.83. The second kappa shape index (κ2) is 7.65. The predicted molar refractivity (Wildman–Crippen MR) is 64.9 cm³/mol. The van der Waals surface area contributed by atoms with Crippen LogP contribution in [0.15, 0.2) is 48.6 Å². The zero-order valence-electron chi connectivity index (χ0n) is 9.77. The third-order valence-corrected chi connectivity index (χ3v) is 1.83. The minimum atomic E-state index is -1.10. The van der Waals surface area contributed by atoms with Crippen molar-refractivity contribution in [3.05, 3.63) is 48.6 Å². The molecule has 1 N–H and O–H groups in total. The average Bonchev–Trinajstić information content (AvgIpc) is 2.27. The van der Waals surface area contributed by atoms with E-state index in [2.05, 4.69) is 13.2 Å². The maximum atomic E-state index is 11.3. The van der Waals surface area contributed by atoms with E-state index in [4.69, 9.17) is 4.74 Å². The van der Waals surface area contributed by atoms with Gasteiger partial charge in [-0.3, -0.25) is 0 Å². The molecule has 16 heavy (non-hydrogen) atoms. The van der Waals surface area contributed by atoms with Gasteiger partial charge in [0.1, 0.15) is 6.10 Å². The van der Waals surface area contributed by atoms with Crippen LogP contribution >= 0.6 is 0 Å². The number of aliphatic hydroxyl groups excluding tert-OH is 1. The molecule has 0 aromatic rings. The van der Waals surface area contributed by atoms with Crippen LogP contribution in [0.4, 0.5) is 0 Å². The van der Waals surface area contributed by atoms with Gasteiger partial charge in [-0.25, -0.2) is 4.79 Å². The van der Waals surface area contributed by atoms with Gasteiger partial charge in [0.05, 0.1) is 12.2 Å². The number of aliphatic hydroxyl groups is 1. The first kappa shape index (κ1) is 14.4. The van der Waals surface area contributed by atoms with Gasteiger partial charge < -0.3 is 9.84 Å². The molecule has 0 radical (unpaired) electrons. The molecule has 0 bridgehead atoms. The molecule has 0 amide bonds. The fraction of sp³-hybridized carbons (Fsp3) is 0.308. The molecule has 1 unspecified atom stereocenters. The van der Waals surface area contributed by atoms with Gasteiger partial charge >= 0.3 is 5.97 Å². The summed E-state index contributed by atoms with van der Waals surface area (Å²) in [7, 11) is 0. The van der Waals surface area contributed by atoms with Crippen molar-refractivity contribution >= 4 is 5.97 Å². The van der Waals surface area contributed by atoms with Crippen LogP contribution in [0.1, 0.15) is 13.8 Å². The number of carbonyl (C=O) groups excluding carboxylic acids is 1. The zero-order chi connectivity index (χ0) is 12.6. The van der Waals surface area contributed by atoms with Crippen molar-refractivity contribution in [3.63, 3.8) is 0 Å². The summed E-state index contributed by atoms with van der Waals surface area (Å²) >= 11 is 0. The van der Waals surface area contributed by atoms with Crippen molar-refractivity contribution in [2.24, 2.45) is 0 Å². The largest absolute Gasteiger partial charge is 0.463 e. The summed E-state index contributed by atoms with van der Waals surface area (Å²) in [5.74, 6) is -0.601. The van der Waals surface area contributed by atoms with Crippen molar-refractivity contribution in [2.75, 3.05) is 6.61 Å². The molecule has 0 rings (SSSR count). The van der Waals surface area contributed by atoms with Gasteiger partial charge in [0.15, 0.2) is 0 Å². The molecule has 0 fully saturated rings. The molecule has 0 saturated carbocycles. The van der Waals surface area contributed by atoms with Crippen LogP contribution in [0, 0.1) is 0 Å². The molecule has 0 spiro atoms. The lowest BCUT2D eigenvalue weighted by atomic mass is 10.0. The Morgan fingerprint density at radius 2 is 2.06 bits per heavy atom. The molecule has 0 saturated heterocycles. The molecular formula is C13H18O3. The molecular weight excluding hydrogens is 204 g/mol. The molecule has 88 valence electrons. The maximum Gasteiger partial charge on any atom is 0.336 e. The third kappa shape index (κ3) is 4.75. The molecule has 0 aromatic heterocycles. The Morgan fingerprint density at radius 3 is 2.56 bits per heavy atom. The first-order valence-corrected chi connectivity index (χ1v) is 5.06. The minimum absolute atomic E-state index is 0.00280. The van der Waals surface area contributed by atoms with Gasteiger partial charge in [0, 0.05) is 0 Å². The SMILES string of the molecule is C=C(/C=C\C=C/C)C(O)C(=C)C(=O)OCC. The first-order chi connectivity index (χ1) is 7.54. The normalized spacial score (nSPS) is 12.9. The van der Waals surface area contributed by atoms with Crippen molar-refractivity contribution in [3.8, 4) is 0 Å². The lowest BCUT2D eigenvalue weighted by Crippen LogP contribution is -2.20. The summed E-state index contributed by atoms with van der Waals surface area (Å²) in [5.41, 5.74) is 0.396. The Morgan fingerprint density at radius 1 is 1.44 bits per heavy atom. The van der Waals surface area contributed by atoms with Gasteiger partial charge in [-0.05, 0) is 19.4 Å². The number of hydrogen-bond donors (Lipinski definition) is 1. The predicted octanol–water partition coefficient (Wildman–Crippen LogP) is 2.16. The van der Waals surface area contributed by atoms with Crippen LogP contribution in [0.25, 0.3) is 0 Å². The molecule has 0 aromatic carbocycles. The van der Waals surface area contributed by atoms with Gasteiger partial charge in [0.25, 0.3) is 0 Å². The second-order valence-electron chi connectivity index (χ2n) is 3.11. The monoisotopic (exact) mass is 222 g/mol. The molecule has 3 heteroatoms. The number of carbonyl (C=O) groups is 1. The van der Waals surface area contributed by atoms with Gasteiger partial charge in [-0.15, -0.1) is 0 Å². The van der Waals surface area contributed by atoms with Crippen molar-refractivity contribution < 1.29 is 14.6 Å². The minimum Gasteiger partial charge on any atom is -0.463 e. The molecule has 0 aliphatic rings. The highest BCUT2D eigenvalue weighted by molar-refractivity contribution is 5.89. The number of allylic oxidation sites excluding steroid dienone is 3. The van der Waals surface area contributed by atoms with Crippen LogP contribution in [-0.2, 0) is 9.53 Å². The highest BCUT2D eigenvalue weighted by Crippen LogP contribution is 2.11. The Labute approximate surface area is 96.4 Å². The van der Waals surface area contributed by atoms with E-state index in [9.17, 15) is 9.90 Å². The Hall–Kier alpha value is -1.61. The summed E-state index contributed by atoms with van der Waals surface area (Å²) in [5, 5.41) is 9.71. The van der Waals surface area contributed by atoms with E-state index < -0.39 is 12.1 Å². The first-order valence-electron chi connectivity index (χ1n) is 5.06. The number of esters is 1. The highest BCUT2D eigenvalue weighted by Gasteiger charge is 2.18. The van der Waals surface area contributed by atoms with E-state index in [1.165, 1.54) is 0 Å². The van der Waals surface area contributed by atoms with E-state index in [1.54, 1.807) is 25.2 Å². The Kier molecular flexibility index (Phi) is 6.88. The van der Waals surface area contributed by atoms with E-state index in [1.807, 2.05) is 13.0 Å². The van der Waals surface area contributed by atoms with Gasteiger partial charge in [-0.2, -0.15) is 0 Å². The van der Waals surface area contributed by atoms with Crippen LogP contribution in [0.3, 0.4) is 0 Å². The van der Waals surface area contributed by atoms with E-state index in [-0.39, 0.29) is 12.2 Å². The molecule has 0 aliphatic carbocycles. The van der Waals surface area contributed by atoms with Gasteiger partial charge in [0.2, 0.25) is 0 Å². The van der Waals surface area contributed by atoms with Crippen molar-refractivity contribution in [2.45, 2.75) is 20.0 Å². The standard InChI is InChI=1S/C13H18O3/c1-5-7-8-9-10(3)12(14)11(4)13(15)16-6-2/h5,7-9,12,14H,3-4,6H2,1-2H3/b7-5-,9-8-. The fourth-order valence-corrected chi connectivity index (χ4v) is 0.941. The average molecular weight is 222 g/mol. The summed E-state index contributed by atoms with van der Waals surface area (Å²) in [6.45, 7) is 11.0. The topological polar surface area (TPSA) is 46.5 Å². The molecule has 3 nitrogen and oxygen atoms in total. The van der Waals surface area contributed by atoms with Gasteiger partial charge in [-0.1, -0.05) is 37.5 Å². The van der Waals surface area contributed by atoms with Crippen molar-refractivity contribution in [1.82, 2.24) is 0 Å². The van der Waals surface area contributed by atoms with Crippen LogP contribution < -0.4 is 0 Å². The number of ether oxygens (including phenoxy) is 1. The highest BCUT2D eigenvalue weighted by atomic mass is 16.5. The Balaban J connectivity index is 4.43. The number of hydrogen-bond acceptors (Lipinski definition) is 3. The maximum absolute atomic E-state index is 11.3. The summed E-state index contributed by atoms with van der Waals surface area (Å²) in [6, 6.07) is 0. The summed E-state index contributed by atoms with van der Waals surface area (Å²) < 4.78 is 4.72. The lowest BCUT2D eigenvalue weighted by molar-refractivity contribution is -0.139. The van der Waals surface area contributed by atoms with E-state index in [0.717, 1.165) is 0 Å².